The fourth-order valence-electron chi connectivity index (χ4n) is 4.06. The lowest BCUT2D eigenvalue weighted by Gasteiger charge is -2.15. The van der Waals surface area contributed by atoms with Gasteiger partial charge in [0.25, 0.3) is 0 Å². The Morgan fingerprint density at radius 2 is 0.720 bits per heavy atom. The third kappa shape index (κ3) is 5.08. The van der Waals surface area contributed by atoms with Gasteiger partial charge in [-0.25, -0.2) is 0 Å². The molecule has 0 aliphatic carbocycles. The first-order valence-electron chi connectivity index (χ1n) is 9.74. The van der Waals surface area contributed by atoms with Crippen LogP contribution in [0.25, 0.3) is 0 Å². The van der Waals surface area contributed by atoms with Gasteiger partial charge in [0.15, 0.2) is 0 Å². The van der Waals surface area contributed by atoms with Crippen LogP contribution in [0.1, 0.15) is 65.5 Å². The van der Waals surface area contributed by atoms with Crippen LogP contribution in [0.15, 0.2) is 36.4 Å². The lowest BCUT2D eigenvalue weighted by Crippen LogP contribution is -1.98. The van der Waals surface area contributed by atoms with Crippen molar-refractivity contribution >= 4 is 23.5 Å². The second-order valence-electron chi connectivity index (χ2n) is 7.57. The zero-order chi connectivity index (χ0) is 16.9. The summed E-state index contributed by atoms with van der Waals surface area (Å²) < 4.78 is 0. The highest BCUT2D eigenvalue weighted by atomic mass is 32.2. The van der Waals surface area contributed by atoms with E-state index in [2.05, 4.69) is 59.9 Å². The molecule has 3 aliphatic rings. The average Bonchev–Trinajstić information content (AvgIpc) is 2.59. The van der Waals surface area contributed by atoms with E-state index in [1.165, 1.54) is 67.2 Å². The molecule has 0 fully saturated rings. The third-order valence-corrected chi connectivity index (χ3v) is 7.38. The fourth-order valence-corrected chi connectivity index (χ4v) is 5.88. The number of benzene rings is 2. The smallest absolute Gasteiger partial charge is 0.0188 e. The predicted molar refractivity (Wildman–Crippen MR) is 113 cm³/mol. The molecular formula is C23H28S2. The molecule has 0 radical (unpaired) electrons. The molecule has 2 aromatic rings. The molecule has 132 valence electrons. The Morgan fingerprint density at radius 1 is 0.400 bits per heavy atom. The highest BCUT2D eigenvalue weighted by molar-refractivity contribution is 7.98. The summed E-state index contributed by atoms with van der Waals surface area (Å²) in [4.78, 5) is 0. The van der Waals surface area contributed by atoms with Gasteiger partial charge >= 0.3 is 0 Å². The minimum Gasteiger partial charge on any atom is -0.152 e. The molecule has 0 amide bonds. The van der Waals surface area contributed by atoms with Crippen molar-refractivity contribution in [2.24, 2.45) is 0 Å². The standard InChI is InChI=1S/C23H28S2/c1-2-4-6-18-8-20-12-21(9-18)15-25-17-23-11-19(7-5-3-1)10-22(13-23)16-24-14-20/h8-13H,1-7,14-17H2. The first-order valence-corrected chi connectivity index (χ1v) is 12.0. The second-order valence-corrected chi connectivity index (χ2v) is 9.54. The minimum atomic E-state index is 1.14. The first kappa shape index (κ1) is 17.5. The molecule has 0 nitrogen and oxygen atoms in total. The van der Waals surface area contributed by atoms with E-state index in [1.807, 2.05) is 0 Å². The Kier molecular flexibility index (Phi) is 6.10. The monoisotopic (exact) mass is 368 g/mol. The molecule has 0 aromatic heterocycles. The molecular weight excluding hydrogens is 340 g/mol. The topological polar surface area (TPSA) is 0 Å². The molecule has 0 saturated carbocycles. The van der Waals surface area contributed by atoms with Crippen LogP contribution in [-0.4, -0.2) is 0 Å². The Bertz CT molecular complexity index is 614. The van der Waals surface area contributed by atoms with Crippen LogP contribution in [-0.2, 0) is 35.9 Å². The van der Waals surface area contributed by atoms with Gasteiger partial charge in [-0.1, -0.05) is 55.7 Å². The summed E-state index contributed by atoms with van der Waals surface area (Å²) in [7, 11) is 0. The van der Waals surface area contributed by atoms with E-state index in [0.717, 1.165) is 23.0 Å². The van der Waals surface area contributed by atoms with E-state index in [4.69, 9.17) is 0 Å². The van der Waals surface area contributed by atoms with Crippen molar-refractivity contribution in [3.05, 3.63) is 69.8 Å². The molecule has 0 N–H and O–H groups in total. The normalized spacial score (nSPS) is 18.7. The fraction of sp³-hybridized carbons (Fsp3) is 0.478. The van der Waals surface area contributed by atoms with Crippen molar-refractivity contribution in [2.45, 2.75) is 68.0 Å². The van der Waals surface area contributed by atoms with Gasteiger partial charge in [-0.2, -0.15) is 23.5 Å². The molecule has 3 heterocycles. The van der Waals surface area contributed by atoms with Crippen LogP contribution in [0.2, 0.25) is 0 Å². The SMILES string of the molecule is c1c2cc3cc1CSCc1cc(cc(c1)CSC3)CCCCCCC2. The van der Waals surface area contributed by atoms with Crippen LogP contribution >= 0.6 is 23.5 Å². The van der Waals surface area contributed by atoms with Crippen LogP contribution in [0, 0.1) is 0 Å². The molecule has 0 atom stereocenters. The van der Waals surface area contributed by atoms with Crippen LogP contribution < -0.4 is 0 Å². The summed E-state index contributed by atoms with van der Waals surface area (Å²) in [5.41, 5.74) is 9.26. The summed E-state index contributed by atoms with van der Waals surface area (Å²) in [5, 5.41) is 0. The van der Waals surface area contributed by atoms with Gasteiger partial charge in [-0.05, 0) is 59.1 Å². The third-order valence-electron chi connectivity index (χ3n) is 5.23. The van der Waals surface area contributed by atoms with Gasteiger partial charge in [0.2, 0.25) is 0 Å². The zero-order valence-electron chi connectivity index (χ0n) is 15.1. The molecule has 25 heavy (non-hydrogen) atoms. The van der Waals surface area contributed by atoms with Crippen molar-refractivity contribution < 1.29 is 0 Å². The van der Waals surface area contributed by atoms with Crippen LogP contribution in [0.5, 0.6) is 0 Å². The van der Waals surface area contributed by atoms with E-state index in [1.54, 1.807) is 11.1 Å². The van der Waals surface area contributed by atoms with Gasteiger partial charge < -0.3 is 0 Å². The summed E-state index contributed by atoms with van der Waals surface area (Å²) in [6.07, 6.45) is 9.38. The highest BCUT2D eigenvalue weighted by Gasteiger charge is 2.08. The van der Waals surface area contributed by atoms with Gasteiger partial charge in [0.05, 0.1) is 0 Å². The minimum absolute atomic E-state index is 1.14. The number of rotatable bonds is 0. The molecule has 0 spiro atoms. The molecule has 6 bridgehead atoms. The maximum absolute atomic E-state index is 2.47. The predicted octanol–water partition coefficient (Wildman–Crippen LogP) is 6.92. The highest BCUT2D eigenvalue weighted by Crippen LogP contribution is 2.28. The summed E-state index contributed by atoms with van der Waals surface area (Å²) >= 11 is 4.16. The van der Waals surface area contributed by atoms with Crippen molar-refractivity contribution in [1.29, 1.82) is 0 Å². The van der Waals surface area contributed by atoms with Gasteiger partial charge in [-0.3, -0.25) is 0 Å². The van der Waals surface area contributed by atoms with E-state index in [9.17, 15) is 0 Å². The van der Waals surface area contributed by atoms with Crippen LogP contribution in [0.4, 0.5) is 0 Å². The van der Waals surface area contributed by atoms with Crippen molar-refractivity contribution in [3.63, 3.8) is 0 Å². The summed E-state index contributed by atoms with van der Waals surface area (Å²) in [5.74, 6) is 4.58. The van der Waals surface area contributed by atoms with E-state index < -0.39 is 0 Å². The molecule has 0 saturated heterocycles. The maximum Gasteiger partial charge on any atom is 0.0188 e. The van der Waals surface area contributed by atoms with E-state index >= 15 is 0 Å². The number of fused-ring (bicyclic) bond motifs is 10. The first-order chi connectivity index (χ1) is 12.3. The van der Waals surface area contributed by atoms with Gasteiger partial charge in [0.1, 0.15) is 0 Å². The van der Waals surface area contributed by atoms with Gasteiger partial charge in [0, 0.05) is 23.0 Å². The summed E-state index contributed by atoms with van der Waals surface area (Å²) in [6, 6.07) is 14.8. The number of thioether (sulfide) groups is 2. The zero-order valence-corrected chi connectivity index (χ0v) is 16.7. The lowest BCUT2D eigenvalue weighted by atomic mass is 9.99. The van der Waals surface area contributed by atoms with Crippen LogP contribution in [0.3, 0.4) is 0 Å². The molecule has 3 aliphatic heterocycles. The number of aryl methyl sites for hydroxylation is 2. The largest absolute Gasteiger partial charge is 0.152 e. The van der Waals surface area contributed by atoms with Crippen molar-refractivity contribution in [3.8, 4) is 0 Å². The Morgan fingerprint density at radius 3 is 1.12 bits per heavy atom. The molecule has 0 unspecified atom stereocenters. The lowest BCUT2D eigenvalue weighted by molar-refractivity contribution is 0.613. The second kappa shape index (κ2) is 8.68. The quantitative estimate of drug-likeness (QED) is 0.495. The van der Waals surface area contributed by atoms with E-state index in [0.29, 0.717) is 0 Å². The number of hydrogen-bond acceptors (Lipinski definition) is 2. The average molecular weight is 369 g/mol. The number of hydrogen-bond donors (Lipinski definition) is 0. The Hall–Kier alpha value is -0.860. The summed E-state index contributed by atoms with van der Waals surface area (Å²) in [6.45, 7) is 0. The van der Waals surface area contributed by atoms with Crippen molar-refractivity contribution in [2.75, 3.05) is 0 Å². The molecule has 5 rings (SSSR count). The van der Waals surface area contributed by atoms with Gasteiger partial charge in [-0.15, -0.1) is 0 Å². The van der Waals surface area contributed by atoms with E-state index in [-0.39, 0.29) is 0 Å². The Balaban J connectivity index is 1.67. The van der Waals surface area contributed by atoms with Crippen molar-refractivity contribution in [1.82, 2.24) is 0 Å². The molecule has 2 aromatic carbocycles. The molecule has 2 heteroatoms. The maximum atomic E-state index is 2.47. The Labute approximate surface area is 161 Å².